The molecule has 0 amide bonds. The van der Waals surface area contributed by atoms with Gasteiger partial charge in [0.2, 0.25) is 0 Å². The van der Waals surface area contributed by atoms with Crippen molar-refractivity contribution in [2.75, 3.05) is 0 Å². The van der Waals surface area contributed by atoms with E-state index in [1.165, 1.54) is 0 Å². The largest absolute Gasteiger partial charge is 0.476 e. The predicted molar refractivity (Wildman–Crippen MR) is 46.7 cm³/mol. The summed E-state index contributed by atoms with van der Waals surface area (Å²) in [4.78, 5) is 14.7. The molecule has 1 aliphatic rings. The highest BCUT2D eigenvalue weighted by molar-refractivity contribution is 5.85. The quantitative estimate of drug-likeness (QED) is 0.705. The number of carboxylic acids is 1. The van der Waals surface area contributed by atoms with Crippen LogP contribution >= 0.6 is 0 Å². The summed E-state index contributed by atoms with van der Waals surface area (Å²) in [6.45, 7) is 3.06. The molecule has 1 atom stereocenters. The third kappa shape index (κ3) is 1.43. The molecule has 0 saturated heterocycles. The Morgan fingerprint density at radius 1 is 1.77 bits per heavy atom. The van der Waals surface area contributed by atoms with Gasteiger partial charge in [0.05, 0.1) is 0 Å². The van der Waals surface area contributed by atoms with Crippen molar-refractivity contribution in [3.05, 3.63) is 17.7 Å². The number of nitrogens with zero attached hydrogens (tertiary/aromatic N) is 2. The first-order valence-electron chi connectivity index (χ1n) is 4.46. The molecule has 1 aromatic rings. The second kappa shape index (κ2) is 2.87. The first-order chi connectivity index (χ1) is 6.16. The van der Waals surface area contributed by atoms with E-state index in [-0.39, 0.29) is 5.69 Å². The molecule has 0 radical (unpaired) electrons. The van der Waals surface area contributed by atoms with Crippen LogP contribution in [-0.4, -0.2) is 20.6 Å². The Labute approximate surface area is 76.2 Å². The molecule has 0 fully saturated rings. The molecule has 1 unspecified atom stereocenters. The summed E-state index contributed by atoms with van der Waals surface area (Å²) in [5.41, 5.74) is 0.170. The fourth-order valence-electron chi connectivity index (χ4n) is 1.69. The predicted octanol–water partition coefficient (Wildman–Crippen LogP) is 1.16. The Kier molecular flexibility index (Phi) is 1.83. The Balaban J connectivity index is 2.33. The maximum atomic E-state index is 10.6. The number of aryl methyl sites for hydroxylation is 1. The van der Waals surface area contributed by atoms with Gasteiger partial charge in [-0.2, -0.15) is 0 Å². The minimum atomic E-state index is -0.936. The lowest BCUT2D eigenvalue weighted by atomic mass is 10.0. The van der Waals surface area contributed by atoms with Crippen LogP contribution in [0.2, 0.25) is 0 Å². The highest BCUT2D eigenvalue weighted by Crippen LogP contribution is 2.19. The molecule has 0 spiro atoms. The van der Waals surface area contributed by atoms with Crippen molar-refractivity contribution < 1.29 is 9.90 Å². The molecule has 1 aromatic heterocycles. The first-order valence-corrected chi connectivity index (χ1v) is 4.46. The van der Waals surface area contributed by atoms with Crippen molar-refractivity contribution in [1.29, 1.82) is 0 Å². The van der Waals surface area contributed by atoms with Gasteiger partial charge in [-0.3, -0.25) is 0 Å². The Morgan fingerprint density at radius 2 is 2.54 bits per heavy atom. The van der Waals surface area contributed by atoms with Crippen molar-refractivity contribution in [3.63, 3.8) is 0 Å². The summed E-state index contributed by atoms with van der Waals surface area (Å²) < 4.78 is 1.95. The molecule has 4 nitrogen and oxygen atoms in total. The molecule has 2 heterocycles. The smallest absolute Gasteiger partial charge is 0.356 e. The molecule has 1 aliphatic heterocycles. The van der Waals surface area contributed by atoms with E-state index in [0.29, 0.717) is 5.92 Å². The fourth-order valence-corrected chi connectivity index (χ4v) is 1.69. The van der Waals surface area contributed by atoms with E-state index in [0.717, 1.165) is 25.2 Å². The Hall–Kier alpha value is -1.32. The minimum Gasteiger partial charge on any atom is -0.476 e. The number of imidazole rings is 1. The molecule has 0 aromatic carbocycles. The van der Waals surface area contributed by atoms with E-state index in [1.54, 1.807) is 6.20 Å². The number of hydrogen-bond donors (Lipinski definition) is 1. The van der Waals surface area contributed by atoms with Gasteiger partial charge in [0.1, 0.15) is 5.82 Å². The minimum absolute atomic E-state index is 0.170. The number of rotatable bonds is 1. The van der Waals surface area contributed by atoms with Gasteiger partial charge in [-0.1, -0.05) is 6.92 Å². The van der Waals surface area contributed by atoms with Gasteiger partial charge < -0.3 is 9.67 Å². The second-order valence-corrected chi connectivity index (χ2v) is 3.64. The van der Waals surface area contributed by atoms with Crippen molar-refractivity contribution in [1.82, 2.24) is 9.55 Å². The summed E-state index contributed by atoms with van der Waals surface area (Å²) in [5, 5.41) is 8.72. The molecule has 2 rings (SSSR count). The number of carboxylic acid groups (broad SMARTS) is 1. The van der Waals surface area contributed by atoms with Gasteiger partial charge in [-0.25, -0.2) is 9.78 Å². The summed E-state index contributed by atoms with van der Waals surface area (Å²) in [5.74, 6) is 0.599. The van der Waals surface area contributed by atoms with Gasteiger partial charge in [0.15, 0.2) is 5.69 Å². The average Bonchev–Trinajstić information content (AvgIpc) is 2.46. The van der Waals surface area contributed by atoms with E-state index in [2.05, 4.69) is 11.9 Å². The highest BCUT2D eigenvalue weighted by atomic mass is 16.4. The van der Waals surface area contributed by atoms with Crippen LogP contribution in [0, 0.1) is 5.92 Å². The molecule has 70 valence electrons. The van der Waals surface area contributed by atoms with Crippen LogP contribution in [0.4, 0.5) is 0 Å². The molecule has 1 N–H and O–H groups in total. The second-order valence-electron chi connectivity index (χ2n) is 3.64. The third-order valence-corrected chi connectivity index (χ3v) is 2.47. The van der Waals surface area contributed by atoms with Crippen LogP contribution in [0.5, 0.6) is 0 Å². The molecule has 13 heavy (non-hydrogen) atoms. The average molecular weight is 180 g/mol. The lowest BCUT2D eigenvalue weighted by Crippen LogP contribution is -2.16. The lowest BCUT2D eigenvalue weighted by Gasteiger charge is -2.18. The molecular weight excluding hydrogens is 168 g/mol. The van der Waals surface area contributed by atoms with E-state index in [4.69, 9.17) is 5.11 Å². The summed E-state index contributed by atoms with van der Waals surface area (Å²) in [7, 11) is 0. The topological polar surface area (TPSA) is 55.1 Å². The van der Waals surface area contributed by atoms with Crippen LogP contribution < -0.4 is 0 Å². The summed E-state index contributed by atoms with van der Waals surface area (Å²) in [6, 6.07) is 0. The van der Waals surface area contributed by atoms with Crippen LogP contribution in [0.1, 0.15) is 29.7 Å². The van der Waals surface area contributed by atoms with Gasteiger partial charge >= 0.3 is 5.97 Å². The zero-order chi connectivity index (χ0) is 9.42. The summed E-state index contributed by atoms with van der Waals surface area (Å²) in [6.07, 6.45) is 3.64. The molecule has 0 bridgehead atoms. The normalized spacial score (nSPS) is 21.2. The van der Waals surface area contributed by atoms with E-state index >= 15 is 0 Å². The Morgan fingerprint density at radius 3 is 3.23 bits per heavy atom. The van der Waals surface area contributed by atoms with E-state index in [1.807, 2.05) is 4.57 Å². The van der Waals surface area contributed by atoms with E-state index < -0.39 is 5.97 Å². The van der Waals surface area contributed by atoms with Gasteiger partial charge in [0.25, 0.3) is 0 Å². The highest BCUT2D eigenvalue weighted by Gasteiger charge is 2.19. The fraction of sp³-hybridized carbons (Fsp3) is 0.556. The van der Waals surface area contributed by atoms with Gasteiger partial charge in [-0.15, -0.1) is 0 Å². The van der Waals surface area contributed by atoms with Crippen LogP contribution in [0.3, 0.4) is 0 Å². The molecule has 4 heteroatoms. The van der Waals surface area contributed by atoms with Crippen molar-refractivity contribution in [2.24, 2.45) is 5.92 Å². The number of aromatic nitrogens is 2. The molecule has 0 saturated carbocycles. The van der Waals surface area contributed by atoms with E-state index in [9.17, 15) is 4.79 Å². The maximum absolute atomic E-state index is 10.6. The van der Waals surface area contributed by atoms with Crippen LogP contribution in [-0.2, 0) is 13.0 Å². The molecular formula is C9H12N2O2. The zero-order valence-electron chi connectivity index (χ0n) is 7.53. The van der Waals surface area contributed by atoms with Crippen molar-refractivity contribution in [2.45, 2.75) is 26.3 Å². The number of hydrogen-bond acceptors (Lipinski definition) is 2. The van der Waals surface area contributed by atoms with Crippen LogP contribution in [0.15, 0.2) is 6.20 Å². The maximum Gasteiger partial charge on any atom is 0.356 e. The Bertz CT molecular complexity index is 343. The SMILES string of the molecule is CC1CCn2cc(C(=O)O)nc2C1. The number of aromatic carboxylic acids is 1. The van der Waals surface area contributed by atoms with Crippen molar-refractivity contribution in [3.8, 4) is 0 Å². The standard InChI is InChI=1S/C9H12N2O2/c1-6-2-3-11-5-7(9(12)13)10-8(11)4-6/h5-6H,2-4H2,1H3,(H,12,13). The lowest BCUT2D eigenvalue weighted by molar-refractivity contribution is 0.0691. The third-order valence-electron chi connectivity index (χ3n) is 2.47. The molecule has 0 aliphatic carbocycles. The van der Waals surface area contributed by atoms with Crippen LogP contribution in [0.25, 0.3) is 0 Å². The van der Waals surface area contributed by atoms with Crippen molar-refractivity contribution >= 4 is 5.97 Å². The zero-order valence-corrected chi connectivity index (χ0v) is 7.53. The van der Waals surface area contributed by atoms with Gasteiger partial charge in [-0.05, 0) is 12.3 Å². The monoisotopic (exact) mass is 180 g/mol. The summed E-state index contributed by atoms with van der Waals surface area (Å²) >= 11 is 0. The number of carbonyl (C=O) groups is 1. The first kappa shape index (κ1) is 8.29. The van der Waals surface area contributed by atoms with Gasteiger partial charge in [0, 0.05) is 19.2 Å². The number of fused-ring (bicyclic) bond motifs is 1.